The maximum atomic E-state index is 13.9. The number of thiophene rings is 1. The highest BCUT2D eigenvalue weighted by atomic mass is 35.5. The van der Waals surface area contributed by atoms with Crippen molar-refractivity contribution in [2.24, 2.45) is 0 Å². The van der Waals surface area contributed by atoms with Crippen molar-refractivity contribution >= 4 is 34.0 Å². The fraction of sp³-hybridized carbons (Fsp3) is 0.267. The Labute approximate surface area is 130 Å². The van der Waals surface area contributed by atoms with E-state index in [2.05, 4.69) is 4.98 Å². The highest BCUT2D eigenvalue weighted by Gasteiger charge is 2.20. The lowest BCUT2D eigenvalue weighted by atomic mass is 10.2. The number of hydrogen-bond donors (Lipinski definition) is 0. The van der Waals surface area contributed by atoms with Gasteiger partial charge in [0.15, 0.2) is 5.82 Å². The molecular weight excluding hydrogens is 314 g/mol. The predicted octanol–water partition coefficient (Wildman–Crippen LogP) is 4.77. The standard InChI is InChI=1S/C15H13ClF2N2S/c1-9(13-3-2-6-21-13)20-12-8-10(17)7-11(18)15(12)19-14(20)4-5-16/h2-3,6-9H,4-5H2,1H3. The van der Waals surface area contributed by atoms with E-state index >= 15 is 0 Å². The Hall–Kier alpha value is -1.46. The lowest BCUT2D eigenvalue weighted by molar-refractivity contribution is 0.588. The largest absolute Gasteiger partial charge is 0.320 e. The van der Waals surface area contributed by atoms with Crippen molar-refractivity contribution in [1.29, 1.82) is 0 Å². The van der Waals surface area contributed by atoms with E-state index in [-0.39, 0.29) is 11.6 Å². The number of aryl methyl sites for hydroxylation is 1. The van der Waals surface area contributed by atoms with Crippen molar-refractivity contribution in [3.8, 4) is 0 Å². The number of halogens is 3. The highest BCUT2D eigenvalue weighted by molar-refractivity contribution is 7.10. The van der Waals surface area contributed by atoms with Gasteiger partial charge in [0.25, 0.3) is 0 Å². The van der Waals surface area contributed by atoms with Gasteiger partial charge in [-0.3, -0.25) is 0 Å². The van der Waals surface area contributed by atoms with Crippen molar-refractivity contribution in [2.75, 3.05) is 5.88 Å². The first kappa shape index (κ1) is 14.5. The van der Waals surface area contributed by atoms with E-state index in [1.807, 2.05) is 29.0 Å². The summed E-state index contributed by atoms with van der Waals surface area (Å²) < 4.78 is 29.4. The first-order valence-electron chi connectivity index (χ1n) is 6.57. The van der Waals surface area contributed by atoms with Crippen LogP contribution in [0.15, 0.2) is 29.6 Å². The van der Waals surface area contributed by atoms with Crippen LogP contribution in [0.3, 0.4) is 0 Å². The zero-order chi connectivity index (χ0) is 15.0. The number of alkyl halides is 1. The number of nitrogens with zero attached hydrogens (tertiary/aromatic N) is 2. The van der Waals surface area contributed by atoms with Gasteiger partial charge in [0.2, 0.25) is 0 Å². The fourth-order valence-corrected chi connectivity index (χ4v) is 3.46. The summed E-state index contributed by atoms with van der Waals surface area (Å²) in [4.78, 5) is 5.42. The molecule has 6 heteroatoms. The molecule has 2 aromatic heterocycles. The third-order valence-corrected chi connectivity index (χ3v) is 4.68. The molecule has 0 aliphatic rings. The molecule has 1 atom stereocenters. The maximum Gasteiger partial charge on any atom is 0.153 e. The Bertz CT molecular complexity index is 768. The van der Waals surface area contributed by atoms with Crippen molar-refractivity contribution in [2.45, 2.75) is 19.4 Å². The summed E-state index contributed by atoms with van der Waals surface area (Å²) in [6.07, 6.45) is 0.507. The van der Waals surface area contributed by atoms with Gasteiger partial charge in [-0.25, -0.2) is 13.8 Å². The molecule has 0 aliphatic carbocycles. The van der Waals surface area contributed by atoms with Crippen LogP contribution in [-0.2, 0) is 6.42 Å². The van der Waals surface area contributed by atoms with Crippen LogP contribution in [0.2, 0.25) is 0 Å². The van der Waals surface area contributed by atoms with Crippen molar-refractivity contribution < 1.29 is 8.78 Å². The van der Waals surface area contributed by atoms with E-state index in [0.29, 0.717) is 23.6 Å². The van der Waals surface area contributed by atoms with Crippen LogP contribution >= 0.6 is 22.9 Å². The summed E-state index contributed by atoms with van der Waals surface area (Å²) in [5, 5.41) is 1.98. The Morgan fingerprint density at radius 3 is 2.86 bits per heavy atom. The second-order valence-electron chi connectivity index (χ2n) is 4.78. The molecule has 0 saturated heterocycles. The molecule has 0 aliphatic heterocycles. The number of rotatable bonds is 4. The molecule has 3 rings (SSSR count). The molecule has 0 spiro atoms. The lowest BCUT2D eigenvalue weighted by Gasteiger charge is -2.16. The summed E-state index contributed by atoms with van der Waals surface area (Å²) in [5.41, 5.74) is 0.661. The van der Waals surface area contributed by atoms with Crippen molar-refractivity contribution in [3.05, 3.63) is 52.0 Å². The molecule has 0 bridgehead atoms. The average molecular weight is 327 g/mol. The summed E-state index contributed by atoms with van der Waals surface area (Å²) in [6.45, 7) is 1.99. The second-order valence-corrected chi connectivity index (χ2v) is 6.14. The summed E-state index contributed by atoms with van der Waals surface area (Å²) in [5.74, 6) is -0.190. The molecule has 2 nitrogen and oxygen atoms in total. The minimum Gasteiger partial charge on any atom is -0.320 e. The van der Waals surface area contributed by atoms with Crippen LogP contribution in [0.25, 0.3) is 11.0 Å². The van der Waals surface area contributed by atoms with Crippen LogP contribution in [0.1, 0.15) is 23.7 Å². The molecular formula is C15H13ClF2N2S. The van der Waals surface area contributed by atoms with Gasteiger partial charge in [-0.1, -0.05) is 6.07 Å². The molecule has 0 radical (unpaired) electrons. The van der Waals surface area contributed by atoms with Gasteiger partial charge in [0, 0.05) is 23.2 Å². The topological polar surface area (TPSA) is 17.8 Å². The van der Waals surface area contributed by atoms with Gasteiger partial charge in [-0.2, -0.15) is 0 Å². The third-order valence-electron chi connectivity index (χ3n) is 3.45. The van der Waals surface area contributed by atoms with E-state index in [1.165, 1.54) is 6.07 Å². The zero-order valence-corrected chi connectivity index (χ0v) is 12.9. The summed E-state index contributed by atoms with van der Waals surface area (Å²) >= 11 is 7.42. The Balaban J connectivity index is 2.25. The molecule has 21 heavy (non-hydrogen) atoms. The van der Waals surface area contributed by atoms with Crippen LogP contribution in [0.5, 0.6) is 0 Å². The third kappa shape index (κ3) is 2.56. The fourth-order valence-electron chi connectivity index (χ4n) is 2.52. The van der Waals surface area contributed by atoms with E-state index in [4.69, 9.17) is 11.6 Å². The number of imidazole rings is 1. The first-order chi connectivity index (χ1) is 10.1. The minimum absolute atomic E-state index is 0.0468. The molecule has 0 amide bonds. The van der Waals surface area contributed by atoms with Crippen LogP contribution in [-0.4, -0.2) is 15.4 Å². The van der Waals surface area contributed by atoms with E-state index in [1.54, 1.807) is 11.3 Å². The van der Waals surface area contributed by atoms with Gasteiger partial charge in [-0.05, 0) is 24.4 Å². The lowest BCUT2D eigenvalue weighted by Crippen LogP contribution is -2.10. The average Bonchev–Trinajstić information content (AvgIpc) is 3.06. The van der Waals surface area contributed by atoms with Crippen LogP contribution in [0.4, 0.5) is 8.78 Å². The van der Waals surface area contributed by atoms with Crippen molar-refractivity contribution in [3.63, 3.8) is 0 Å². The number of aromatic nitrogens is 2. The van der Waals surface area contributed by atoms with Gasteiger partial charge in [0.1, 0.15) is 17.2 Å². The molecule has 0 saturated carbocycles. The monoisotopic (exact) mass is 326 g/mol. The van der Waals surface area contributed by atoms with Gasteiger partial charge < -0.3 is 4.57 Å². The molecule has 3 aromatic rings. The smallest absolute Gasteiger partial charge is 0.153 e. The van der Waals surface area contributed by atoms with Crippen molar-refractivity contribution in [1.82, 2.24) is 9.55 Å². The van der Waals surface area contributed by atoms with Gasteiger partial charge in [-0.15, -0.1) is 22.9 Å². The molecule has 1 unspecified atom stereocenters. The Kier molecular flexibility index (Phi) is 3.95. The summed E-state index contributed by atoms with van der Waals surface area (Å²) in [7, 11) is 0. The van der Waals surface area contributed by atoms with E-state index < -0.39 is 11.6 Å². The molecule has 2 heterocycles. The molecule has 110 valence electrons. The summed E-state index contributed by atoms with van der Waals surface area (Å²) in [6, 6.07) is 6.10. The number of fused-ring (bicyclic) bond motifs is 1. The Morgan fingerprint density at radius 2 is 2.19 bits per heavy atom. The molecule has 1 aromatic carbocycles. The Morgan fingerprint density at radius 1 is 1.38 bits per heavy atom. The zero-order valence-electron chi connectivity index (χ0n) is 11.3. The number of hydrogen-bond acceptors (Lipinski definition) is 2. The molecule has 0 N–H and O–H groups in total. The SMILES string of the molecule is CC(c1cccs1)n1c(CCCl)nc2c(F)cc(F)cc21. The van der Waals surface area contributed by atoms with Gasteiger partial charge >= 0.3 is 0 Å². The first-order valence-corrected chi connectivity index (χ1v) is 7.98. The minimum atomic E-state index is -0.641. The van der Waals surface area contributed by atoms with Crippen LogP contribution in [0, 0.1) is 11.6 Å². The predicted molar refractivity (Wildman–Crippen MR) is 82.2 cm³/mol. The number of benzene rings is 1. The van der Waals surface area contributed by atoms with Gasteiger partial charge in [0.05, 0.1) is 11.6 Å². The second kappa shape index (κ2) is 5.73. The highest BCUT2D eigenvalue weighted by Crippen LogP contribution is 2.30. The maximum absolute atomic E-state index is 13.9. The quantitative estimate of drug-likeness (QED) is 0.632. The normalized spacial score (nSPS) is 13.0. The van der Waals surface area contributed by atoms with E-state index in [0.717, 1.165) is 10.9 Å². The van der Waals surface area contributed by atoms with E-state index in [9.17, 15) is 8.78 Å². The molecule has 0 fully saturated rings. The van der Waals surface area contributed by atoms with Crippen LogP contribution < -0.4 is 0 Å².